The van der Waals surface area contributed by atoms with Crippen LogP contribution < -0.4 is 0 Å². The van der Waals surface area contributed by atoms with Crippen molar-refractivity contribution < 1.29 is 13.4 Å². The van der Waals surface area contributed by atoms with Gasteiger partial charge < -0.3 is 9.32 Å². The van der Waals surface area contributed by atoms with E-state index in [-0.39, 0.29) is 16.4 Å². The summed E-state index contributed by atoms with van der Waals surface area (Å²) in [5, 5.41) is 0.901. The molecule has 2 heterocycles. The van der Waals surface area contributed by atoms with E-state index in [4.69, 9.17) is 4.42 Å². The van der Waals surface area contributed by atoms with Crippen LogP contribution in [-0.2, 0) is 10.8 Å². The van der Waals surface area contributed by atoms with Gasteiger partial charge in [-0.05, 0) is 44.5 Å². The monoisotopic (exact) mass is 383 g/mol. The zero-order chi connectivity index (χ0) is 16.0. The molecule has 1 saturated heterocycles. The van der Waals surface area contributed by atoms with Gasteiger partial charge in [0.25, 0.3) is 5.91 Å². The largest absolute Gasteiger partial charge is 0.451 e. The van der Waals surface area contributed by atoms with E-state index in [1.165, 1.54) is 0 Å². The lowest BCUT2D eigenvalue weighted by Crippen LogP contribution is -2.49. The minimum absolute atomic E-state index is 0.00652. The molecule has 1 aliphatic rings. The van der Waals surface area contributed by atoms with Crippen LogP contribution in [0.5, 0.6) is 0 Å². The Bertz CT molecular complexity index is 756. The molecule has 118 valence electrons. The van der Waals surface area contributed by atoms with Crippen LogP contribution in [0, 0.1) is 6.92 Å². The van der Waals surface area contributed by atoms with Gasteiger partial charge in [0, 0.05) is 44.2 Å². The molecule has 3 rings (SSSR count). The van der Waals surface area contributed by atoms with Gasteiger partial charge in [-0.15, -0.1) is 0 Å². The van der Waals surface area contributed by atoms with Gasteiger partial charge in [-0.25, -0.2) is 0 Å². The van der Waals surface area contributed by atoms with Crippen LogP contribution in [0.1, 0.15) is 30.0 Å². The number of fused-ring (bicyclic) bond motifs is 1. The Morgan fingerprint density at radius 3 is 2.55 bits per heavy atom. The van der Waals surface area contributed by atoms with E-state index in [2.05, 4.69) is 15.9 Å². The van der Waals surface area contributed by atoms with E-state index in [1.807, 2.05) is 32.9 Å². The van der Waals surface area contributed by atoms with Crippen LogP contribution in [0.15, 0.2) is 27.1 Å². The van der Waals surface area contributed by atoms with Gasteiger partial charge in [0.1, 0.15) is 5.58 Å². The van der Waals surface area contributed by atoms with E-state index >= 15 is 0 Å². The van der Waals surface area contributed by atoms with Gasteiger partial charge in [0.15, 0.2) is 5.76 Å². The number of furan rings is 1. The van der Waals surface area contributed by atoms with Crippen molar-refractivity contribution in [1.29, 1.82) is 0 Å². The molecule has 0 spiro atoms. The molecule has 1 aromatic heterocycles. The molecule has 6 heteroatoms. The van der Waals surface area contributed by atoms with Crippen LogP contribution in [-0.4, -0.2) is 38.6 Å². The first-order valence-electron chi connectivity index (χ1n) is 7.25. The lowest BCUT2D eigenvalue weighted by molar-refractivity contribution is 0.0721. The number of halogens is 1. The summed E-state index contributed by atoms with van der Waals surface area (Å²) >= 11 is 3.46. The molecule has 0 N–H and O–H groups in total. The molecule has 1 fully saturated rings. The third-order valence-electron chi connectivity index (χ3n) is 4.01. The normalized spacial score (nSPS) is 25.6. The van der Waals surface area contributed by atoms with Gasteiger partial charge in [0.05, 0.1) is 0 Å². The number of hydrogen-bond acceptors (Lipinski definition) is 3. The van der Waals surface area contributed by atoms with Crippen LogP contribution in [0.25, 0.3) is 11.0 Å². The quantitative estimate of drug-likeness (QED) is 0.757. The van der Waals surface area contributed by atoms with Crippen LogP contribution >= 0.6 is 15.9 Å². The molecule has 1 aromatic carbocycles. The van der Waals surface area contributed by atoms with Crippen molar-refractivity contribution in [2.45, 2.75) is 31.3 Å². The number of carbonyl (C=O) groups excluding carboxylic acids is 1. The van der Waals surface area contributed by atoms with Crippen molar-refractivity contribution in [2.24, 2.45) is 0 Å². The molecular formula is C16H18BrNO3S. The Labute approximate surface area is 140 Å². The standard InChI is InChI=1S/C16H18BrNO3S/c1-9-4-13(17)5-12-6-14(21-15(9)12)16(19)18-7-10(2)22(20)11(3)8-18/h4-6,10-11H,7-8H2,1-3H3. The third-order valence-corrected chi connectivity index (χ3v) is 6.36. The fourth-order valence-corrected chi connectivity index (χ4v) is 4.99. The molecule has 22 heavy (non-hydrogen) atoms. The average molecular weight is 384 g/mol. The summed E-state index contributed by atoms with van der Waals surface area (Å²) in [7, 11) is -0.876. The maximum absolute atomic E-state index is 12.7. The molecule has 2 aromatic rings. The Balaban J connectivity index is 1.92. The molecule has 0 saturated carbocycles. The van der Waals surface area contributed by atoms with Crippen LogP contribution in [0.2, 0.25) is 0 Å². The van der Waals surface area contributed by atoms with Gasteiger partial charge in [-0.3, -0.25) is 9.00 Å². The number of benzene rings is 1. The molecule has 1 amide bonds. The first kappa shape index (κ1) is 15.7. The molecule has 4 nitrogen and oxygen atoms in total. The maximum Gasteiger partial charge on any atom is 0.289 e. The molecular weight excluding hydrogens is 366 g/mol. The smallest absolute Gasteiger partial charge is 0.289 e. The summed E-state index contributed by atoms with van der Waals surface area (Å²) < 4.78 is 18.7. The summed E-state index contributed by atoms with van der Waals surface area (Å²) in [6.07, 6.45) is 0. The predicted molar refractivity (Wildman–Crippen MR) is 91.6 cm³/mol. The molecule has 0 bridgehead atoms. The topological polar surface area (TPSA) is 50.5 Å². The van der Waals surface area contributed by atoms with Crippen molar-refractivity contribution in [2.75, 3.05) is 13.1 Å². The predicted octanol–water partition coefficient (Wildman–Crippen LogP) is 3.49. The number of aryl methyl sites for hydroxylation is 1. The number of amides is 1. The van der Waals surface area contributed by atoms with Crippen molar-refractivity contribution in [3.05, 3.63) is 34.0 Å². The highest BCUT2D eigenvalue weighted by molar-refractivity contribution is 9.10. The van der Waals surface area contributed by atoms with E-state index in [0.29, 0.717) is 18.8 Å². The summed E-state index contributed by atoms with van der Waals surface area (Å²) in [5.74, 6) is 0.227. The maximum atomic E-state index is 12.7. The van der Waals surface area contributed by atoms with Crippen molar-refractivity contribution in [3.63, 3.8) is 0 Å². The van der Waals surface area contributed by atoms with Gasteiger partial charge in [0.2, 0.25) is 0 Å². The first-order valence-corrected chi connectivity index (χ1v) is 9.32. The average Bonchev–Trinajstić information content (AvgIpc) is 2.87. The minimum atomic E-state index is -0.876. The summed E-state index contributed by atoms with van der Waals surface area (Å²) in [6, 6.07) is 5.70. The van der Waals surface area contributed by atoms with E-state index < -0.39 is 10.8 Å². The Kier molecular flexibility index (Phi) is 4.16. The zero-order valence-corrected chi connectivity index (χ0v) is 15.2. The Morgan fingerprint density at radius 2 is 1.91 bits per heavy atom. The highest BCUT2D eigenvalue weighted by Crippen LogP contribution is 2.28. The van der Waals surface area contributed by atoms with Crippen LogP contribution in [0.3, 0.4) is 0 Å². The second kappa shape index (κ2) is 5.81. The second-order valence-electron chi connectivity index (χ2n) is 5.91. The lowest BCUT2D eigenvalue weighted by atomic mass is 10.2. The molecule has 0 radical (unpaired) electrons. The summed E-state index contributed by atoms with van der Waals surface area (Å²) in [6.45, 7) is 6.82. The highest BCUT2D eigenvalue weighted by Gasteiger charge is 2.32. The van der Waals surface area contributed by atoms with Crippen molar-refractivity contribution >= 4 is 43.6 Å². The molecule has 0 aliphatic carbocycles. The molecule has 1 aliphatic heterocycles. The van der Waals surface area contributed by atoms with E-state index in [0.717, 1.165) is 21.0 Å². The minimum Gasteiger partial charge on any atom is -0.451 e. The summed E-state index contributed by atoms with van der Waals surface area (Å²) in [5.41, 5.74) is 1.73. The van der Waals surface area contributed by atoms with Crippen molar-refractivity contribution in [3.8, 4) is 0 Å². The second-order valence-corrected chi connectivity index (χ2v) is 9.09. The molecule has 2 atom stereocenters. The third kappa shape index (κ3) is 2.74. The zero-order valence-electron chi connectivity index (χ0n) is 12.8. The van der Waals surface area contributed by atoms with Crippen LogP contribution in [0.4, 0.5) is 0 Å². The Hall–Kier alpha value is -1.14. The molecule has 2 unspecified atom stereocenters. The number of carbonyl (C=O) groups is 1. The van der Waals surface area contributed by atoms with E-state index in [1.54, 1.807) is 11.0 Å². The van der Waals surface area contributed by atoms with Crippen molar-refractivity contribution in [1.82, 2.24) is 4.90 Å². The van der Waals surface area contributed by atoms with Gasteiger partial charge in [-0.1, -0.05) is 15.9 Å². The fourth-order valence-electron chi connectivity index (χ4n) is 2.95. The highest BCUT2D eigenvalue weighted by atomic mass is 79.9. The van der Waals surface area contributed by atoms with Gasteiger partial charge >= 0.3 is 0 Å². The summed E-state index contributed by atoms with van der Waals surface area (Å²) in [4.78, 5) is 14.4. The first-order chi connectivity index (χ1) is 10.4. The number of nitrogens with zero attached hydrogens (tertiary/aromatic N) is 1. The number of rotatable bonds is 1. The number of hydrogen-bond donors (Lipinski definition) is 0. The lowest BCUT2D eigenvalue weighted by Gasteiger charge is -2.33. The van der Waals surface area contributed by atoms with Gasteiger partial charge in [-0.2, -0.15) is 0 Å². The SMILES string of the molecule is Cc1cc(Br)cc2cc(C(=O)N3CC(C)S(=O)C(C)C3)oc12. The van der Waals surface area contributed by atoms with E-state index in [9.17, 15) is 9.00 Å². The fraction of sp³-hybridized carbons (Fsp3) is 0.438. The Morgan fingerprint density at radius 1 is 1.27 bits per heavy atom.